The number of aromatic nitrogens is 4. The van der Waals surface area contributed by atoms with Gasteiger partial charge in [-0.2, -0.15) is 19.9 Å². The van der Waals surface area contributed by atoms with Crippen LogP contribution >= 0.6 is 47.3 Å². The van der Waals surface area contributed by atoms with Crippen molar-refractivity contribution in [2.24, 2.45) is 0 Å². The second-order valence-corrected chi connectivity index (χ2v) is 29.1. The normalized spacial score (nSPS) is 18.9. The van der Waals surface area contributed by atoms with E-state index >= 15 is 0 Å². The van der Waals surface area contributed by atoms with E-state index in [-0.39, 0.29) is 15.0 Å². The molecule has 2 amide bonds. The van der Waals surface area contributed by atoms with Crippen LogP contribution in [0, 0.1) is 13.8 Å². The largest absolute Gasteiger partial charge is 0.508 e. The van der Waals surface area contributed by atoms with E-state index in [2.05, 4.69) is 147 Å². The summed E-state index contributed by atoms with van der Waals surface area (Å²) in [6.07, 6.45) is 9.01. The molecule has 0 spiro atoms. The lowest BCUT2D eigenvalue weighted by molar-refractivity contribution is -0.127. The van der Waals surface area contributed by atoms with E-state index in [9.17, 15) is 14.7 Å². The summed E-state index contributed by atoms with van der Waals surface area (Å²) in [6, 6.07) is 22.3. The number of likely N-dealkylation sites (N-methyl/N-ethyl adjacent to an activating group) is 2. The molecule has 8 heterocycles. The summed E-state index contributed by atoms with van der Waals surface area (Å²) in [5.74, 6) is 3.02. The Bertz CT molecular complexity index is 3400. The summed E-state index contributed by atoms with van der Waals surface area (Å²) in [7, 11) is 6.03. The van der Waals surface area contributed by atoms with Crippen molar-refractivity contribution in [1.29, 1.82) is 0 Å². The number of methoxy groups -OCH3 is 1. The molecule has 0 saturated carbocycles. The van der Waals surface area contributed by atoms with Crippen LogP contribution in [0.15, 0.2) is 86.0 Å². The van der Waals surface area contributed by atoms with Gasteiger partial charge in [0.15, 0.2) is 0 Å². The Morgan fingerprint density at radius 3 is 1.45 bits per heavy atom. The third-order valence-electron chi connectivity index (χ3n) is 17.7. The van der Waals surface area contributed by atoms with Gasteiger partial charge < -0.3 is 58.5 Å². The molecule has 2 aromatic heterocycles. The van der Waals surface area contributed by atoms with E-state index in [1.807, 2.05) is 41.0 Å². The Morgan fingerprint density at radius 1 is 0.612 bits per heavy atom. The highest BCUT2D eigenvalue weighted by molar-refractivity contribution is 9.69. The van der Waals surface area contributed by atoms with Gasteiger partial charge in [-0.15, -0.1) is 47.3 Å². The number of fused-ring (bicyclic) bond motifs is 4. The molecule has 0 bridgehead atoms. The Morgan fingerprint density at radius 2 is 1.04 bits per heavy atom. The molecule has 12 rings (SSSR count). The first-order valence-electron chi connectivity index (χ1n) is 29.6. The molecule has 4 saturated heterocycles. The number of hydrogen-bond donors (Lipinski definition) is 1. The van der Waals surface area contributed by atoms with Gasteiger partial charge in [0.05, 0.1) is 43.0 Å². The second-order valence-electron chi connectivity index (χ2n) is 22.7. The van der Waals surface area contributed by atoms with Crippen LogP contribution < -0.4 is 33.8 Å². The van der Waals surface area contributed by atoms with Crippen LogP contribution in [0.3, 0.4) is 0 Å². The van der Waals surface area contributed by atoms with Gasteiger partial charge in [0, 0.05) is 111 Å². The highest BCUT2D eigenvalue weighted by Crippen LogP contribution is 2.42. The molecule has 0 aliphatic carbocycles. The number of nitrogens with zero attached hydrogens (tertiary/aromatic N) is 12. The molecule has 85 heavy (non-hydrogen) atoms. The maximum atomic E-state index is 12.2. The van der Waals surface area contributed by atoms with E-state index in [1.165, 1.54) is 41.6 Å². The predicted molar refractivity (Wildman–Crippen MR) is 352 cm³/mol. The van der Waals surface area contributed by atoms with Gasteiger partial charge in [0.2, 0.25) is 11.8 Å². The van der Waals surface area contributed by atoms with Crippen LogP contribution in [0.1, 0.15) is 59.3 Å². The van der Waals surface area contributed by atoms with Crippen LogP contribution in [0.4, 0.5) is 23.0 Å². The number of ether oxygens (including phenoxy) is 3. The summed E-state index contributed by atoms with van der Waals surface area (Å²) in [5, 5.41) is 15.3. The predicted octanol–water partition coefficient (Wildman–Crippen LogP) is 9.49. The first-order valence-corrected chi connectivity index (χ1v) is 32.4. The minimum atomic E-state index is -0.0292. The number of hydrogen-bond acceptors (Lipinski definition) is 16. The highest BCUT2D eigenvalue weighted by atomic mass is 79.9. The topological polar surface area (TPSA) is 160 Å². The van der Waals surface area contributed by atoms with E-state index in [0.29, 0.717) is 95.4 Å². The number of anilines is 4. The molecule has 0 unspecified atom stereocenters. The van der Waals surface area contributed by atoms with Crippen molar-refractivity contribution in [2.75, 3.05) is 133 Å². The van der Waals surface area contributed by atoms with Gasteiger partial charge in [0.1, 0.15) is 36.3 Å². The van der Waals surface area contributed by atoms with Crippen LogP contribution in [0.2, 0.25) is 0 Å². The number of phenolic OH excluding ortho intramolecular Hbond substituents is 1. The zero-order chi connectivity index (χ0) is 59.9. The number of rotatable bonds is 13. The molecule has 450 valence electrons. The van der Waals surface area contributed by atoms with Crippen molar-refractivity contribution in [1.82, 2.24) is 39.5 Å². The van der Waals surface area contributed by atoms with Gasteiger partial charge in [-0.25, -0.2) is 0 Å². The average molecular weight is 1350 g/mol. The fourth-order valence-electron chi connectivity index (χ4n) is 12.9. The Hall–Kier alpha value is -6.20. The summed E-state index contributed by atoms with van der Waals surface area (Å²) in [4.78, 5) is 62.0. The van der Waals surface area contributed by atoms with E-state index < -0.39 is 0 Å². The minimum Gasteiger partial charge on any atom is -0.508 e. The second kappa shape index (κ2) is 28.1. The molecule has 1 N–H and O–H groups in total. The number of halogens is 3. The first-order chi connectivity index (χ1) is 41.1. The zero-order valence-electron chi connectivity index (χ0n) is 49.6. The average Bonchev–Trinajstić information content (AvgIpc) is 1.67. The number of phenols is 1. The summed E-state index contributed by atoms with van der Waals surface area (Å²) >= 11 is 9.31. The molecule has 18 nitrogen and oxygen atoms in total. The van der Waals surface area contributed by atoms with Crippen LogP contribution in [0.5, 0.6) is 23.5 Å². The molecule has 2 atom stereocenters. The minimum absolute atomic E-state index is 0.0180. The molecule has 4 aromatic carbocycles. The number of carbonyl (C=O) groups excluding carboxylic acids is 2. The molecular formula is C63H78BBr3N12O6. The summed E-state index contributed by atoms with van der Waals surface area (Å²) in [5.41, 5.74) is 8.54. The third kappa shape index (κ3) is 14.1. The number of likely N-dealkylation sites (tertiary alicyclic amines) is 2. The fourth-order valence-corrected chi connectivity index (χ4v) is 12.9. The highest BCUT2D eigenvalue weighted by Gasteiger charge is 2.33. The van der Waals surface area contributed by atoms with E-state index in [1.54, 1.807) is 7.11 Å². The lowest BCUT2D eigenvalue weighted by Gasteiger charge is -2.38. The first kappa shape index (κ1) is 61.9. The Kier molecular flexibility index (Phi) is 20.5. The van der Waals surface area contributed by atoms with Gasteiger partial charge >= 0.3 is 15.2 Å². The van der Waals surface area contributed by atoms with Crippen LogP contribution in [-0.4, -0.2) is 185 Å². The van der Waals surface area contributed by atoms with Crippen molar-refractivity contribution in [3.63, 3.8) is 0 Å². The molecule has 6 aromatic rings. The lowest BCUT2D eigenvalue weighted by Crippen LogP contribution is -2.49. The number of carbonyl (C=O) groups is 2. The lowest BCUT2D eigenvalue weighted by atomic mass is 9.98. The van der Waals surface area contributed by atoms with Crippen molar-refractivity contribution in [2.45, 2.75) is 77.5 Å². The number of piperazine rings is 2. The quantitative estimate of drug-likeness (QED) is 0.0860. The summed E-state index contributed by atoms with van der Waals surface area (Å²) in [6.45, 7) is 23.1. The van der Waals surface area contributed by atoms with Crippen LogP contribution in [-0.2, 0) is 35.5 Å². The third-order valence-corrected chi connectivity index (χ3v) is 17.7. The molecule has 22 heteroatoms. The van der Waals surface area contributed by atoms with Gasteiger partial charge in [0.25, 0.3) is 0 Å². The van der Waals surface area contributed by atoms with Crippen molar-refractivity contribution < 1.29 is 28.9 Å². The molecule has 0 radical (unpaired) electrons. The molecule has 6 aliphatic heterocycles. The number of amides is 2. The molecular weight excluding hydrogens is 1270 g/mol. The Labute approximate surface area is 525 Å². The van der Waals surface area contributed by atoms with E-state index in [0.717, 1.165) is 132 Å². The number of aromatic hydroxyl groups is 1. The maximum absolute atomic E-state index is 12.2. The smallest absolute Gasteiger partial charge is 0.369 e. The SMILES string of the molecule is BrB(Br)Br.C=CC(=O)N1CCN(c2nc(OC[C@@H]3CCCN3C)nc3c2CCN(c2c(C)c(O)cc4ccccc24)C3)CC1.C=CC(=O)N1CCN(c2nc(OC[C@@H]3CCCN3C)nc3c2CCN(c2c(C)c(OC)cc4ccccc24)C3)CC1. The van der Waals surface area contributed by atoms with Gasteiger partial charge in [-0.1, -0.05) is 61.7 Å². The van der Waals surface area contributed by atoms with Crippen molar-refractivity contribution >= 4 is 107 Å². The maximum Gasteiger partial charge on any atom is 0.369 e. The van der Waals surface area contributed by atoms with Crippen molar-refractivity contribution in [3.8, 4) is 23.5 Å². The monoisotopic (exact) mass is 1350 g/mol. The molecule has 4 fully saturated rings. The zero-order valence-corrected chi connectivity index (χ0v) is 54.4. The Balaban J connectivity index is 0.000000178. The number of benzene rings is 4. The van der Waals surface area contributed by atoms with Crippen molar-refractivity contribution in [3.05, 3.63) is 120 Å². The van der Waals surface area contributed by atoms with Gasteiger partial charge in [-0.05, 0) is 115 Å². The van der Waals surface area contributed by atoms with Gasteiger partial charge in [-0.3, -0.25) is 9.59 Å². The summed E-state index contributed by atoms with van der Waals surface area (Å²) < 4.78 is 18.6. The molecule has 6 aliphatic rings. The fraction of sp³-hybridized carbons (Fsp3) is 0.460. The van der Waals surface area contributed by atoms with E-state index in [4.69, 9.17) is 34.1 Å². The van der Waals surface area contributed by atoms with Crippen LogP contribution in [0.25, 0.3) is 21.5 Å². The standard InChI is InChI=1S/C32H40N6O3.C31H38N6O3.BBr3/c1-5-29(39)36-15-17-37(18-16-36)31-26-12-14-38(30-22(2)28(40-4)19-23-9-6-7-11-25(23)30)20-27(26)33-32(34-31)41-21-24-10-8-13-35(24)3;1-4-28(39)35-14-16-36(17-15-35)30-25-11-13-37(29-21(2)27(38)18-22-8-5-6-10-24(22)29)19-26(25)32-31(33-30)40-20-23-9-7-12-34(23)3;2-1(3)4/h5-7,9,11,19,24H,1,8,10,12-18,20-21H2,2-4H3;4-6,8,10,18,23,38H,1,7,9,11-17,19-20H2,2-3H3;/t24-;23-;/m00./s1.